The molecule has 0 aliphatic carbocycles. The van der Waals surface area contributed by atoms with Crippen LogP contribution < -0.4 is 0 Å². The highest BCUT2D eigenvalue weighted by Crippen LogP contribution is 2.31. The molecule has 1 heterocycles. The first-order valence-corrected chi connectivity index (χ1v) is 3.45. The first-order valence-electron chi connectivity index (χ1n) is 3.45. The van der Waals surface area contributed by atoms with Gasteiger partial charge in [0, 0.05) is 0 Å². The average Bonchev–Trinajstić information content (AvgIpc) is 1.95. The van der Waals surface area contributed by atoms with Crippen molar-refractivity contribution in [3.05, 3.63) is 0 Å². The summed E-state index contributed by atoms with van der Waals surface area (Å²) in [6.07, 6.45) is -2.71. The van der Waals surface area contributed by atoms with E-state index in [1.807, 2.05) is 0 Å². The van der Waals surface area contributed by atoms with Crippen molar-refractivity contribution < 1.29 is 14.2 Å². The maximum atomic E-state index is 12.8. The minimum Gasteiger partial charge on any atom is -0.387 e. The van der Waals surface area contributed by atoms with E-state index in [2.05, 4.69) is 0 Å². The summed E-state index contributed by atoms with van der Waals surface area (Å²) in [7, 11) is 0. The first kappa shape index (κ1) is 7.95. The van der Waals surface area contributed by atoms with Crippen molar-refractivity contribution in [1.82, 2.24) is 0 Å². The molecule has 1 fully saturated rings. The van der Waals surface area contributed by atoms with Gasteiger partial charge in [0.1, 0.15) is 6.10 Å². The lowest BCUT2D eigenvalue weighted by atomic mass is 10.0. The maximum Gasteiger partial charge on any atom is 0.154 e. The number of alkyl halides is 1. The Morgan fingerprint density at radius 3 is 2.10 bits per heavy atom. The van der Waals surface area contributed by atoms with Crippen LogP contribution in [-0.4, -0.2) is 29.1 Å². The van der Waals surface area contributed by atoms with Crippen molar-refractivity contribution >= 4 is 0 Å². The van der Waals surface area contributed by atoms with E-state index in [0.29, 0.717) is 0 Å². The third kappa shape index (κ3) is 1.04. The summed E-state index contributed by atoms with van der Waals surface area (Å²) in [6.45, 7) is 5.00. The van der Waals surface area contributed by atoms with Gasteiger partial charge < -0.3 is 9.84 Å². The predicted molar refractivity (Wildman–Crippen MR) is 35.5 cm³/mol. The molecule has 10 heavy (non-hydrogen) atoms. The van der Waals surface area contributed by atoms with Gasteiger partial charge in [0.25, 0.3) is 0 Å². The number of ether oxygens (including phenoxy) is 1. The zero-order valence-corrected chi connectivity index (χ0v) is 6.47. The van der Waals surface area contributed by atoms with Gasteiger partial charge in [-0.2, -0.15) is 0 Å². The third-order valence-corrected chi connectivity index (χ3v) is 1.95. The van der Waals surface area contributed by atoms with Gasteiger partial charge in [-0.05, 0) is 20.8 Å². The molecule has 3 atom stereocenters. The van der Waals surface area contributed by atoms with Crippen molar-refractivity contribution in [1.29, 1.82) is 0 Å². The predicted octanol–water partition coefficient (Wildman–Crippen LogP) is 0.883. The Kier molecular flexibility index (Phi) is 1.73. The Hall–Kier alpha value is -0.150. The topological polar surface area (TPSA) is 29.5 Å². The first-order chi connectivity index (χ1) is 4.45. The van der Waals surface area contributed by atoms with E-state index in [4.69, 9.17) is 4.74 Å². The zero-order chi connectivity index (χ0) is 7.94. The monoisotopic (exact) mass is 148 g/mol. The highest BCUT2D eigenvalue weighted by atomic mass is 19.1. The Balaban J connectivity index is 2.71. The minimum atomic E-state index is -1.24. The van der Waals surface area contributed by atoms with Crippen LogP contribution in [0.3, 0.4) is 0 Å². The highest BCUT2D eigenvalue weighted by molar-refractivity contribution is 4.95. The second kappa shape index (κ2) is 2.17. The van der Waals surface area contributed by atoms with Crippen LogP contribution >= 0.6 is 0 Å². The lowest BCUT2D eigenvalue weighted by Gasteiger charge is -2.20. The Morgan fingerprint density at radius 1 is 1.50 bits per heavy atom. The molecule has 2 nitrogen and oxygen atoms in total. The van der Waals surface area contributed by atoms with Crippen LogP contribution in [0.5, 0.6) is 0 Å². The van der Waals surface area contributed by atoms with Crippen molar-refractivity contribution in [2.45, 2.75) is 44.8 Å². The van der Waals surface area contributed by atoms with Crippen LogP contribution in [0.1, 0.15) is 20.8 Å². The van der Waals surface area contributed by atoms with E-state index < -0.39 is 24.0 Å². The van der Waals surface area contributed by atoms with E-state index in [-0.39, 0.29) is 0 Å². The fourth-order valence-corrected chi connectivity index (χ4v) is 1.25. The summed E-state index contributed by atoms with van der Waals surface area (Å²) >= 11 is 0. The van der Waals surface area contributed by atoms with Crippen LogP contribution in [-0.2, 0) is 4.74 Å². The van der Waals surface area contributed by atoms with E-state index in [1.54, 1.807) is 20.8 Å². The molecule has 0 saturated carbocycles. The summed E-state index contributed by atoms with van der Waals surface area (Å²) in [5.74, 6) is 0. The number of aliphatic hydroxyl groups excluding tert-OH is 1. The molecule has 60 valence electrons. The lowest BCUT2D eigenvalue weighted by Crippen LogP contribution is -2.35. The van der Waals surface area contributed by atoms with Crippen molar-refractivity contribution in [3.63, 3.8) is 0 Å². The Morgan fingerprint density at radius 2 is 2.00 bits per heavy atom. The molecule has 1 N–H and O–H groups in total. The molecule has 1 saturated heterocycles. The molecule has 1 unspecified atom stereocenters. The molecule has 1 rings (SSSR count). The summed E-state index contributed by atoms with van der Waals surface area (Å²) < 4.78 is 18.0. The summed E-state index contributed by atoms with van der Waals surface area (Å²) in [5.41, 5.74) is -0.723. The second-order valence-corrected chi connectivity index (χ2v) is 3.32. The van der Waals surface area contributed by atoms with Crippen LogP contribution in [0.2, 0.25) is 0 Å². The van der Waals surface area contributed by atoms with Gasteiger partial charge in [0.05, 0.1) is 11.7 Å². The molecule has 0 aromatic carbocycles. The van der Waals surface area contributed by atoms with Crippen LogP contribution in [0, 0.1) is 0 Å². The maximum absolute atomic E-state index is 12.8. The largest absolute Gasteiger partial charge is 0.387 e. The van der Waals surface area contributed by atoms with Crippen molar-refractivity contribution in [2.75, 3.05) is 0 Å². The molecule has 1 aliphatic heterocycles. The van der Waals surface area contributed by atoms with Crippen LogP contribution in [0.15, 0.2) is 0 Å². The van der Waals surface area contributed by atoms with Crippen LogP contribution in [0.4, 0.5) is 4.39 Å². The van der Waals surface area contributed by atoms with Gasteiger partial charge in [-0.1, -0.05) is 0 Å². The molecule has 0 spiro atoms. The van der Waals surface area contributed by atoms with Crippen LogP contribution in [0.25, 0.3) is 0 Å². The molecular weight excluding hydrogens is 135 g/mol. The van der Waals surface area contributed by atoms with E-state index >= 15 is 0 Å². The molecule has 3 heteroatoms. The van der Waals surface area contributed by atoms with Gasteiger partial charge in [-0.25, -0.2) is 4.39 Å². The van der Waals surface area contributed by atoms with Gasteiger partial charge in [-0.15, -0.1) is 0 Å². The minimum absolute atomic E-state index is 0.481. The number of hydrogen-bond acceptors (Lipinski definition) is 2. The quantitative estimate of drug-likeness (QED) is 0.552. The van der Waals surface area contributed by atoms with E-state index in [0.717, 1.165) is 0 Å². The Labute approximate surface area is 60.0 Å². The second-order valence-electron chi connectivity index (χ2n) is 3.32. The average molecular weight is 148 g/mol. The lowest BCUT2D eigenvalue weighted by molar-refractivity contribution is -0.0513. The zero-order valence-electron chi connectivity index (χ0n) is 6.47. The molecule has 0 amide bonds. The van der Waals surface area contributed by atoms with Crippen molar-refractivity contribution in [3.8, 4) is 0 Å². The standard InChI is InChI=1S/C7H13FO2/c1-4-5(8)6(9)7(2,3)10-4/h4-6,9H,1-3H3/t4?,5-,6-/m0/s1. The molecular formula is C7H13FO2. The highest BCUT2D eigenvalue weighted by Gasteiger charge is 2.47. The van der Waals surface area contributed by atoms with Gasteiger partial charge >= 0.3 is 0 Å². The van der Waals surface area contributed by atoms with Crippen molar-refractivity contribution in [2.24, 2.45) is 0 Å². The third-order valence-electron chi connectivity index (χ3n) is 1.95. The Bertz CT molecular complexity index is 136. The molecule has 0 radical (unpaired) electrons. The summed E-state index contributed by atoms with van der Waals surface area (Å²) in [5, 5.41) is 9.20. The van der Waals surface area contributed by atoms with Gasteiger partial charge in [0.15, 0.2) is 6.17 Å². The van der Waals surface area contributed by atoms with E-state index in [9.17, 15) is 9.50 Å². The number of aliphatic hydroxyl groups is 1. The summed E-state index contributed by atoms with van der Waals surface area (Å²) in [6, 6.07) is 0. The molecule has 1 aliphatic rings. The molecule has 0 bridgehead atoms. The molecule has 0 aromatic heterocycles. The van der Waals surface area contributed by atoms with Gasteiger partial charge in [-0.3, -0.25) is 0 Å². The molecule has 0 aromatic rings. The van der Waals surface area contributed by atoms with Gasteiger partial charge in [0.2, 0.25) is 0 Å². The number of hydrogen-bond donors (Lipinski definition) is 1. The number of rotatable bonds is 0. The smallest absolute Gasteiger partial charge is 0.154 e. The fraction of sp³-hybridized carbons (Fsp3) is 1.00. The fourth-order valence-electron chi connectivity index (χ4n) is 1.25. The normalized spacial score (nSPS) is 45.9. The number of halogens is 1. The SMILES string of the molecule is CC1OC(C)(C)[C@@H](O)[C@H]1F. The van der Waals surface area contributed by atoms with E-state index in [1.165, 1.54) is 0 Å². The summed E-state index contributed by atoms with van der Waals surface area (Å²) in [4.78, 5) is 0.